The first-order valence-corrected chi connectivity index (χ1v) is 7.80. The largest absolute Gasteiger partial charge is 0.248 e. The van der Waals surface area contributed by atoms with Crippen LogP contribution < -0.4 is 0 Å². The minimum absolute atomic E-state index is 0.486. The highest BCUT2D eigenvalue weighted by Crippen LogP contribution is 2.28. The first-order valence-electron chi connectivity index (χ1n) is 7.80. The molecule has 0 radical (unpaired) electrons. The summed E-state index contributed by atoms with van der Waals surface area (Å²) in [6, 6.07) is 19.1. The molecule has 1 heterocycles. The molecule has 0 spiro atoms. The van der Waals surface area contributed by atoms with Gasteiger partial charge in [-0.3, -0.25) is 0 Å². The molecule has 0 aliphatic heterocycles. The molecule has 23 heavy (non-hydrogen) atoms. The lowest BCUT2D eigenvalue weighted by Gasteiger charge is -2.16. The third-order valence-electron chi connectivity index (χ3n) is 4.21. The molecule has 0 aliphatic rings. The van der Waals surface area contributed by atoms with Gasteiger partial charge in [0.25, 0.3) is 0 Å². The van der Waals surface area contributed by atoms with Gasteiger partial charge in [-0.05, 0) is 63.6 Å². The summed E-state index contributed by atoms with van der Waals surface area (Å²) in [7, 11) is 0. The van der Waals surface area contributed by atoms with Crippen LogP contribution in [0.15, 0.2) is 48.5 Å². The molecular weight excluding hydrogens is 280 g/mol. The van der Waals surface area contributed by atoms with E-state index < -0.39 is 5.41 Å². The molecule has 0 bridgehead atoms. The molecule has 0 aliphatic carbocycles. The van der Waals surface area contributed by atoms with Crippen LogP contribution in [0, 0.1) is 25.2 Å². The number of benzene rings is 2. The van der Waals surface area contributed by atoms with E-state index in [0.717, 1.165) is 27.7 Å². The Bertz CT molecular complexity index is 910. The summed E-state index contributed by atoms with van der Waals surface area (Å²) in [4.78, 5) is 4.79. The highest BCUT2D eigenvalue weighted by Gasteiger charge is 2.19. The highest BCUT2D eigenvalue weighted by molar-refractivity contribution is 5.82. The normalized spacial score (nSPS) is 11.4. The fraction of sp³-hybridized carbons (Fsp3) is 0.238. The van der Waals surface area contributed by atoms with Crippen LogP contribution in [-0.2, 0) is 5.41 Å². The Balaban J connectivity index is 2.10. The first-order chi connectivity index (χ1) is 10.9. The van der Waals surface area contributed by atoms with Crippen molar-refractivity contribution in [3.63, 3.8) is 0 Å². The minimum atomic E-state index is -0.486. The minimum Gasteiger partial charge on any atom is -0.248 e. The summed E-state index contributed by atoms with van der Waals surface area (Å²) >= 11 is 0. The number of nitriles is 1. The van der Waals surface area contributed by atoms with Crippen LogP contribution >= 0.6 is 0 Å². The van der Waals surface area contributed by atoms with E-state index in [4.69, 9.17) is 4.98 Å². The van der Waals surface area contributed by atoms with Crippen LogP contribution in [0.2, 0.25) is 0 Å². The lowest BCUT2D eigenvalue weighted by Crippen LogP contribution is -2.13. The fourth-order valence-electron chi connectivity index (χ4n) is 2.86. The van der Waals surface area contributed by atoms with Gasteiger partial charge in [-0.25, -0.2) is 4.98 Å². The van der Waals surface area contributed by atoms with E-state index in [1.165, 1.54) is 11.1 Å². The van der Waals surface area contributed by atoms with E-state index in [9.17, 15) is 5.26 Å². The van der Waals surface area contributed by atoms with Gasteiger partial charge in [0.05, 0.1) is 22.7 Å². The second-order valence-electron chi connectivity index (χ2n) is 6.72. The predicted molar refractivity (Wildman–Crippen MR) is 95.3 cm³/mol. The van der Waals surface area contributed by atoms with Crippen molar-refractivity contribution in [3.05, 3.63) is 65.2 Å². The highest BCUT2D eigenvalue weighted by atomic mass is 14.7. The third kappa shape index (κ3) is 2.96. The Hall–Kier alpha value is -2.66. The number of aromatic nitrogens is 1. The van der Waals surface area contributed by atoms with Crippen LogP contribution in [-0.4, -0.2) is 4.98 Å². The van der Waals surface area contributed by atoms with Gasteiger partial charge in [0.2, 0.25) is 0 Å². The van der Waals surface area contributed by atoms with E-state index >= 15 is 0 Å². The molecule has 0 N–H and O–H groups in total. The molecule has 2 nitrogen and oxygen atoms in total. The standard InChI is InChI=1S/C21H20N2/c1-14-9-15(2)11-17(10-14)20-7-5-16-12-18(21(3,4)13-22)6-8-19(16)23-20/h5-12H,1-4H3. The van der Waals surface area contributed by atoms with Crippen molar-refractivity contribution >= 4 is 10.9 Å². The molecule has 2 aromatic carbocycles. The van der Waals surface area contributed by atoms with Gasteiger partial charge in [-0.1, -0.05) is 29.3 Å². The molecule has 1 aromatic heterocycles. The van der Waals surface area contributed by atoms with Crippen LogP contribution in [0.25, 0.3) is 22.2 Å². The summed E-state index contributed by atoms with van der Waals surface area (Å²) in [6.45, 7) is 8.08. The van der Waals surface area contributed by atoms with Gasteiger partial charge in [0.15, 0.2) is 0 Å². The molecule has 2 heteroatoms. The zero-order valence-electron chi connectivity index (χ0n) is 14.0. The zero-order chi connectivity index (χ0) is 16.6. The van der Waals surface area contributed by atoms with Crippen molar-refractivity contribution in [1.29, 1.82) is 5.26 Å². The van der Waals surface area contributed by atoms with Gasteiger partial charge < -0.3 is 0 Å². The SMILES string of the molecule is Cc1cc(C)cc(-c2ccc3cc(C(C)(C)C#N)ccc3n2)c1. The van der Waals surface area contributed by atoms with Crippen LogP contribution in [0.3, 0.4) is 0 Å². The van der Waals surface area contributed by atoms with Gasteiger partial charge in [-0.2, -0.15) is 5.26 Å². The Morgan fingerprint density at radius 1 is 0.913 bits per heavy atom. The van der Waals surface area contributed by atoms with E-state index in [-0.39, 0.29) is 0 Å². The van der Waals surface area contributed by atoms with E-state index in [2.05, 4.69) is 56.3 Å². The molecule has 0 unspecified atom stereocenters. The second kappa shape index (κ2) is 5.52. The van der Waals surface area contributed by atoms with Crippen molar-refractivity contribution in [1.82, 2.24) is 4.98 Å². The van der Waals surface area contributed by atoms with E-state index in [1.54, 1.807) is 0 Å². The average Bonchev–Trinajstić information content (AvgIpc) is 2.53. The molecule has 3 aromatic rings. The Morgan fingerprint density at radius 3 is 2.26 bits per heavy atom. The molecule has 0 fully saturated rings. The number of aryl methyl sites for hydroxylation is 2. The van der Waals surface area contributed by atoms with Crippen molar-refractivity contribution in [3.8, 4) is 17.3 Å². The maximum atomic E-state index is 9.30. The second-order valence-corrected chi connectivity index (χ2v) is 6.72. The van der Waals surface area contributed by atoms with E-state index in [0.29, 0.717) is 0 Å². The van der Waals surface area contributed by atoms with Gasteiger partial charge in [0.1, 0.15) is 0 Å². The van der Waals surface area contributed by atoms with Crippen molar-refractivity contribution in [2.24, 2.45) is 0 Å². The molecule has 3 rings (SSSR count). The maximum absolute atomic E-state index is 9.30. The molecule has 0 amide bonds. The number of pyridine rings is 1. The summed E-state index contributed by atoms with van der Waals surface area (Å²) in [6.07, 6.45) is 0. The summed E-state index contributed by atoms with van der Waals surface area (Å²) in [5.74, 6) is 0. The third-order valence-corrected chi connectivity index (χ3v) is 4.21. The topological polar surface area (TPSA) is 36.7 Å². The van der Waals surface area contributed by atoms with Crippen LogP contribution in [0.5, 0.6) is 0 Å². The molecule has 114 valence electrons. The van der Waals surface area contributed by atoms with Crippen LogP contribution in [0.4, 0.5) is 0 Å². The number of hydrogen-bond acceptors (Lipinski definition) is 2. The lowest BCUT2D eigenvalue weighted by atomic mass is 9.85. The van der Waals surface area contributed by atoms with Gasteiger partial charge in [-0.15, -0.1) is 0 Å². The quantitative estimate of drug-likeness (QED) is 0.642. The van der Waals surface area contributed by atoms with Crippen molar-refractivity contribution in [2.45, 2.75) is 33.1 Å². The molecular formula is C21H20N2. The van der Waals surface area contributed by atoms with Gasteiger partial charge >= 0.3 is 0 Å². The number of hydrogen-bond donors (Lipinski definition) is 0. The first kappa shape index (κ1) is 15.2. The van der Waals surface area contributed by atoms with E-state index in [1.807, 2.05) is 26.0 Å². The fourth-order valence-corrected chi connectivity index (χ4v) is 2.86. The smallest absolute Gasteiger partial charge is 0.0766 e. The van der Waals surface area contributed by atoms with Crippen molar-refractivity contribution in [2.75, 3.05) is 0 Å². The Kier molecular flexibility index (Phi) is 3.66. The number of rotatable bonds is 2. The summed E-state index contributed by atoms with van der Waals surface area (Å²) in [5, 5.41) is 10.4. The maximum Gasteiger partial charge on any atom is 0.0766 e. The molecule has 0 saturated carbocycles. The van der Waals surface area contributed by atoms with Crippen molar-refractivity contribution < 1.29 is 0 Å². The Morgan fingerprint density at radius 2 is 1.61 bits per heavy atom. The lowest BCUT2D eigenvalue weighted by molar-refractivity contribution is 0.688. The molecule has 0 saturated heterocycles. The monoisotopic (exact) mass is 300 g/mol. The number of nitrogens with zero attached hydrogens (tertiary/aromatic N) is 2. The Labute approximate surface area is 137 Å². The summed E-state index contributed by atoms with van der Waals surface area (Å²) < 4.78 is 0. The number of fused-ring (bicyclic) bond motifs is 1. The molecule has 0 atom stereocenters. The average molecular weight is 300 g/mol. The van der Waals surface area contributed by atoms with Gasteiger partial charge in [0, 0.05) is 10.9 Å². The van der Waals surface area contributed by atoms with Crippen LogP contribution in [0.1, 0.15) is 30.5 Å². The zero-order valence-corrected chi connectivity index (χ0v) is 14.0. The predicted octanol–water partition coefficient (Wildman–Crippen LogP) is 5.32. The summed E-state index contributed by atoms with van der Waals surface area (Å²) in [5.41, 5.74) is 6.11.